The van der Waals surface area contributed by atoms with Crippen LogP contribution in [0.2, 0.25) is 0 Å². The number of rotatable bonds is 4. The van der Waals surface area contributed by atoms with E-state index in [9.17, 15) is 26.3 Å². The fourth-order valence-electron chi connectivity index (χ4n) is 6.90. The van der Waals surface area contributed by atoms with Crippen LogP contribution in [0.15, 0.2) is 146 Å². The third-order valence-electron chi connectivity index (χ3n) is 8.98. The summed E-state index contributed by atoms with van der Waals surface area (Å²) in [7, 11) is 0. The molecule has 0 bridgehead atoms. The highest BCUT2D eigenvalue weighted by Crippen LogP contribution is 2.47. The third kappa shape index (κ3) is 5.51. The molecular weight excluding hydrogens is 634 g/mol. The molecule has 0 amide bonds. The van der Waals surface area contributed by atoms with E-state index in [1.807, 2.05) is 66.7 Å². The molecule has 0 saturated carbocycles. The van der Waals surface area contributed by atoms with Gasteiger partial charge < -0.3 is 4.74 Å². The number of halogens is 6. The van der Waals surface area contributed by atoms with Crippen molar-refractivity contribution in [1.29, 1.82) is 0 Å². The molecule has 0 N–H and O–H groups in total. The lowest BCUT2D eigenvalue weighted by atomic mass is 9.83. The molecule has 0 fully saturated rings. The summed E-state index contributed by atoms with van der Waals surface area (Å²) in [6, 6.07) is 43.1. The highest BCUT2D eigenvalue weighted by molar-refractivity contribution is 6.26. The van der Waals surface area contributed by atoms with Gasteiger partial charge in [0.2, 0.25) is 0 Å². The highest BCUT2D eigenvalue weighted by Gasteiger charge is 2.31. The molecule has 8 aromatic rings. The van der Waals surface area contributed by atoms with Crippen molar-refractivity contribution >= 4 is 43.1 Å². The molecule has 8 rings (SSSR count). The molecule has 49 heavy (non-hydrogen) atoms. The number of fused-ring (bicyclic) bond motifs is 5. The van der Waals surface area contributed by atoms with E-state index in [4.69, 9.17) is 0 Å². The SMILES string of the molecule is FC(F)(F)Oc1ccc(-c2ccc3c(-c4cc5ccccc5c5ccccc45)c4ccccc4c(-c4ccc(C(F)(F)F)cc4)c3c2)cc1. The Morgan fingerprint density at radius 2 is 0.918 bits per heavy atom. The minimum absolute atomic E-state index is 0.334. The molecule has 0 unspecified atom stereocenters. The van der Waals surface area contributed by atoms with Crippen LogP contribution < -0.4 is 4.74 Å². The van der Waals surface area contributed by atoms with E-state index in [1.54, 1.807) is 12.1 Å². The standard InChI is InChI=1S/C42H24F6O/c43-41(44,45)29-18-13-26(14-19-29)39-34-11-5-6-12-35(34)40(37-24-28-7-1-2-8-31(28)32-9-3-4-10-33(32)37)36-22-17-27(23-38(36)39)25-15-20-30(21-16-25)49-42(46,47)48/h1-24H. The Balaban J connectivity index is 1.45. The van der Waals surface area contributed by atoms with Crippen LogP contribution in [0.1, 0.15) is 5.56 Å². The quantitative estimate of drug-likeness (QED) is 0.104. The van der Waals surface area contributed by atoms with Crippen LogP contribution in [-0.2, 0) is 6.18 Å². The first kappa shape index (κ1) is 30.5. The summed E-state index contributed by atoms with van der Waals surface area (Å²) in [5.74, 6) is -0.334. The van der Waals surface area contributed by atoms with E-state index in [2.05, 4.69) is 35.1 Å². The van der Waals surface area contributed by atoms with Crippen molar-refractivity contribution in [3.05, 3.63) is 151 Å². The average Bonchev–Trinajstić information content (AvgIpc) is 3.09. The molecular formula is C42H24F6O. The van der Waals surface area contributed by atoms with E-state index in [1.165, 1.54) is 24.3 Å². The number of hydrogen-bond acceptors (Lipinski definition) is 1. The molecule has 0 aliphatic carbocycles. The van der Waals surface area contributed by atoms with Crippen molar-refractivity contribution in [2.75, 3.05) is 0 Å². The molecule has 0 spiro atoms. The number of benzene rings is 8. The normalized spacial score (nSPS) is 12.3. The summed E-state index contributed by atoms with van der Waals surface area (Å²) in [6.45, 7) is 0. The van der Waals surface area contributed by atoms with Gasteiger partial charge in [0.25, 0.3) is 0 Å². The van der Waals surface area contributed by atoms with Crippen LogP contribution in [0.4, 0.5) is 26.3 Å². The van der Waals surface area contributed by atoms with Gasteiger partial charge in [0.1, 0.15) is 5.75 Å². The summed E-state index contributed by atoms with van der Waals surface area (Å²) in [5, 5.41) is 7.81. The van der Waals surface area contributed by atoms with Crippen molar-refractivity contribution < 1.29 is 31.1 Å². The maximum atomic E-state index is 13.6. The van der Waals surface area contributed by atoms with Gasteiger partial charge in [-0.15, -0.1) is 13.2 Å². The van der Waals surface area contributed by atoms with Crippen molar-refractivity contribution in [3.63, 3.8) is 0 Å². The van der Waals surface area contributed by atoms with Gasteiger partial charge in [-0.05, 0) is 113 Å². The fraction of sp³-hybridized carbons (Fsp3) is 0.0476. The van der Waals surface area contributed by atoms with Crippen LogP contribution in [0.3, 0.4) is 0 Å². The van der Waals surface area contributed by atoms with Crippen LogP contribution in [0.25, 0.3) is 76.5 Å². The maximum Gasteiger partial charge on any atom is 0.573 e. The fourth-order valence-corrected chi connectivity index (χ4v) is 6.90. The summed E-state index contributed by atoms with van der Waals surface area (Å²) in [6.07, 6.45) is -9.30. The lowest BCUT2D eigenvalue weighted by Crippen LogP contribution is -2.16. The Bertz CT molecular complexity index is 2530. The molecule has 8 aromatic carbocycles. The second kappa shape index (κ2) is 11.4. The largest absolute Gasteiger partial charge is 0.573 e. The molecule has 0 aliphatic heterocycles. The summed E-state index contributed by atoms with van der Waals surface area (Å²) in [5.41, 5.74) is 3.98. The first-order chi connectivity index (χ1) is 23.5. The van der Waals surface area contributed by atoms with E-state index in [-0.39, 0.29) is 5.75 Å². The van der Waals surface area contributed by atoms with Gasteiger partial charge in [-0.2, -0.15) is 13.2 Å². The van der Waals surface area contributed by atoms with Crippen LogP contribution >= 0.6 is 0 Å². The summed E-state index contributed by atoms with van der Waals surface area (Å²) >= 11 is 0. The lowest BCUT2D eigenvalue weighted by molar-refractivity contribution is -0.274. The minimum Gasteiger partial charge on any atom is -0.406 e. The van der Waals surface area contributed by atoms with Gasteiger partial charge in [0, 0.05) is 0 Å². The third-order valence-corrected chi connectivity index (χ3v) is 8.98. The van der Waals surface area contributed by atoms with Gasteiger partial charge in [-0.3, -0.25) is 0 Å². The molecule has 240 valence electrons. The monoisotopic (exact) mass is 658 g/mol. The predicted molar refractivity (Wildman–Crippen MR) is 184 cm³/mol. The van der Waals surface area contributed by atoms with Gasteiger partial charge in [0.05, 0.1) is 5.56 Å². The first-order valence-corrected chi connectivity index (χ1v) is 15.5. The average molecular weight is 659 g/mol. The van der Waals surface area contributed by atoms with Crippen molar-refractivity contribution in [1.82, 2.24) is 0 Å². The Hall–Kier alpha value is -5.82. The molecule has 0 saturated heterocycles. The first-order valence-electron chi connectivity index (χ1n) is 15.5. The zero-order valence-electron chi connectivity index (χ0n) is 25.5. The van der Waals surface area contributed by atoms with Crippen molar-refractivity contribution in [2.24, 2.45) is 0 Å². The van der Waals surface area contributed by atoms with Crippen molar-refractivity contribution in [2.45, 2.75) is 12.5 Å². The smallest absolute Gasteiger partial charge is 0.406 e. The molecule has 0 radical (unpaired) electrons. The van der Waals surface area contributed by atoms with Crippen LogP contribution in [0.5, 0.6) is 5.75 Å². The molecule has 1 nitrogen and oxygen atoms in total. The van der Waals surface area contributed by atoms with Crippen molar-refractivity contribution in [3.8, 4) is 39.1 Å². The predicted octanol–water partition coefficient (Wildman–Crippen LogP) is 13.2. The van der Waals surface area contributed by atoms with Gasteiger partial charge in [-0.1, -0.05) is 109 Å². The molecule has 0 atom stereocenters. The summed E-state index contributed by atoms with van der Waals surface area (Å²) < 4.78 is 83.4. The number of hydrogen-bond donors (Lipinski definition) is 0. The second-order valence-electron chi connectivity index (χ2n) is 11.9. The Kier molecular flexibility index (Phi) is 7.10. The molecule has 0 aromatic heterocycles. The van der Waals surface area contributed by atoms with Crippen LogP contribution in [0, 0.1) is 0 Å². The Morgan fingerprint density at radius 3 is 1.57 bits per heavy atom. The lowest BCUT2D eigenvalue weighted by Gasteiger charge is -2.20. The molecule has 0 aliphatic rings. The van der Waals surface area contributed by atoms with Gasteiger partial charge in [-0.25, -0.2) is 0 Å². The zero-order chi connectivity index (χ0) is 33.9. The zero-order valence-corrected chi connectivity index (χ0v) is 25.5. The van der Waals surface area contributed by atoms with E-state index in [0.29, 0.717) is 11.1 Å². The van der Waals surface area contributed by atoms with Gasteiger partial charge >= 0.3 is 12.5 Å². The van der Waals surface area contributed by atoms with E-state index in [0.717, 1.165) is 77.5 Å². The highest BCUT2D eigenvalue weighted by atomic mass is 19.4. The van der Waals surface area contributed by atoms with Crippen LogP contribution in [-0.4, -0.2) is 6.36 Å². The molecule has 7 heteroatoms. The Labute approximate surface area is 276 Å². The summed E-state index contributed by atoms with van der Waals surface area (Å²) in [4.78, 5) is 0. The maximum absolute atomic E-state index is 13.6. The number of ether oxygens (including phenoxy) is 1. The van der Waals surface area contributed by atoms with E-state index < -0.39 is 18.1 Å². The Morgan fingerprint density at radius 1 is 0.388 bits per heavy atom. The number of alkyl halides is 6. The topological polar surface area (TPSA) is 9.23 Å². The van der Waals surface area contributed by atoms with E-state index >= 15 is 0 Å². The molecule has 0 heterocycles. The minimum atomic E-state index is -4.81. The second-order valence-corrected chi connectivity index (χ2v) is 11.9. The van der Waals surface area contributed by atoms with Gasteiger partial charge in [0.15, 0.2) is 0 Å².